The first-order chi connectivity index (χ1) is 7.13. The SMILES string of the molecule is NCCC(=O)N1CCN(CC(=O)O)CC1. The van der Waals surface area contributed by atoms with Crippen molar-refractivity contribution in [2.75, 3.05) is 39.3 Å². The van der Waals surface area contributed by atoms with Crippen LogP contribution in [0.5, 0.6) is 0 Å². The molecule has 0 unspecified atom stereocenters. The summed E-state index contributed by atoms with van der Waals surface area (Å²) in [6.07, 6.45) is 0.374. The van der Waals surface area contributed by atoms with Gasteiger partial charge in [0.15, 0.2) is 0 Å². The molecular formula is C9H17N3O3. The van der Waals surface area contributed by atoms with Crippen molar-refractivity contribution in [3.05, 3.63) is 0 Å². The van der Waals surface area contributed by atoms with Crippen molar-refractivity contribution in [1.29, 1.82) is 0 Å². The Morgan fingerprint density at radius 1 is 1.20 bits per heavy atom. The normalized spacial score (nSPS) is 17.8. The van der Waals surface area contributed by atoms with E-state index in [1.54, 1.807) is 4.90 Å². The third kappa shape index (κ3) is 3.85. The van der Waals surface area contributed by atoms with Crippen LogP contribution in [0, 0.1) is 0 Å². The zero-order valence-corrected chi connectivity index (χ0v) is 8.69. The van der Waals surface area contributed by atoms with E-state index in [1.807, 2.05) is 4.90 Å². The third-order valence-electron chi connectivity index (χ3n) is 2.44. The van der Waals surface area contributed by atoms with Gasteiger partial charge in [0.2, 0.25) is 5.91 Å². The zero-order chi connectivity index (χ0) is 11.3. The van der Waals surface area contributed by atoms with E-state index in [0.29, 0.717) is 39.1 Å². The van der Waals surface area contributed by atoms with Crippen LogP contribution in [-0.4, -0.2) is 66.1 Å². The first kappa shape index (κ1) is 11.9. The van der Waals surface area contributed by atoms with Crippen LogP contribution in [0.25, 0.3) is 0 Å². The number of nitrogens with zero attached hydrogens (tertiary/aromatic N) is 2. The van der Waals surface area contributed by atoms with Crippen LogP contribution < -0.4 is 5.73 Å². The van der Waals surface area contributed by atoms with Gasteiger partial charge < -0.3 is 15.7 Å². The number of hydrogen-bond acceptors (Lipinski definition) is 4. The molecule has 0 aromatic rings. The quantitative estimate of drug-likeness (QED) is 0.600. The summed E-state index contributed by atoms with van der Waals surface area (Å²) < 4.78 is 0. The number of nitrogens with two attached hydrogens (primary N) is 1. The lowest BCUT2D eigenvalue weighted by atomic mass is 10.2. The van der Waals surface area contributed by atoms with Crippen LogP contribution in [0.2, 0.25) is 0 Å². The first-order valence-electron chi connectivity index (χ1n) is 5.05. The second kappa shape index (κ2) is 5.67. The highest BCUT2D eigenvalue weighted by Crippen LogP contribution is 2.02. The van der Waals surface area contributed by atoms with Gasteiger partial charge in [-0.15, -0.1) is 0 Å². The molecule has 0 bridgehead atoms. The largest absolute Gasteiger partial charge is 0.480 e. The van der Waals surface area contributed by atoms with Crippen LogP contribution in [0.3, 0.4) is 0 Å². The molecule has 0 aliphatic carbocycles. The molecule has 1 aliphatic heterocycles. The summed E-state index contributed by atoms with van der Waals surface area (Å²) in [7, 11) is 0. The van der Waals surface area contributed by atoms with Gasteiger partial charge in [-0.05, 0) is 0 Å². The fourth-order valence-corrected chi connectivity index (χ4v) is 1.63. The summed E-state index contributed by atoms with van der Waals surface area (Å²) in [4.78, 5) is 25.5. The summed E-state index contributed by atoms with van der Waals surface area (Å²) in [5.74, 6) is -0.760. The number of hydrogen-bond donors (Lipinski definition) is 2. The van der Waals surface area contributed by atoms with E-state index in [1.165, 1.54) is 0 Å². The average molecular weight is 215 g/mol. The molecule has 0 atom stereocenters. The molecule has 15 heavy (non-hydrogen) atoms. The maximum absolute atomic E-state index is 11.4. The van der Waals surface area contributed by atoms with Gasteiger partial charge in [-0.1, -0.05) is 0 Å². The van der Waals surface area contributed by atoms with Gasteiger partial charge in [-0.3, -0.25) is 14.5 Å². The lowest BCUT2D eigenvalue weighted by Crippen LogP contribution is -2.50. The Labute approximate surface area is 88.6 Å². The smallest absolute Gasteiger partial charge is 0.317 e. The number of rotatable bonds is 4. The van der Waals surface area contributed by atoms with E-state index in [-0.39, 0.29) is 12.5 Å². The maximum Gasteiger partial charge on any atom is 0.317 e. The van der Waals surface area contributed by atoms with Gasteiger partial charge in [-0.2, -0.15) is 0 Å². The summed E-state index contributed by atoms with van der Waals surface area (Å²) in [5, 5.41) is 8.59. The Kier molecular flexibility index (Phi) is 4.51. The van der Waals surface area contributed by atoms with Crippen LogP contribution in [-0.2, 0) is 9.59 Å². The summed E-state index contributed by atoms with van der Waals surface area (Å²) >= 11 is 0. The minimum absolute atomic E-state index is 0.0545. The topological polar surface area (TPSA) is 86.9 Å². The number of carbonyl (C=O) groups excluding carboxylic acids is 1. The monoisotopic (exact) mass is 215 g/mol. The molecule has 1 saturated heterocycles. The summed E-state index contributed by atoms with van der Waals surface area (Å²) in [5.41, 5.74) is 5.29. The molecule has 6 nitrogen and oxygen atoms in total. The van der Waals surface area contributed by atoms with E-state index in [9.17, 15) is 9.59 Å². The van der Waals surface area contributed by atoms with Crippen LogP contribution in [0.1, 0.15) is 6.42 Å². The molecule has 86 valence electrons. The highest BCUT2D eigenvalue weighted by Gasteiger charge is 2.21. The van der Waals surface area contributed by atoms with Gasteiger partial charge in [0.05, 0.1) is 6.54 Å². The van der Waals surface area contributed by atoms with Crippen molar-refractivity contribution in [2.45, 2.75) is 6.42 Å². The number of carboxylic acids is 1. The van der Waals surface area contributed by atoms with Gasteiger partial charge in [-0.25, -0.2) is 0 Å². The zero-order valence-electron chi connectivity index (χ0n) is 8.69. The maximum atomic E-state index is 11.4. The standard InChI is InChI=1S/C9H17N3O3/c10-2-1-8(13)12-5-3-11(4-6-12)7-9(14)15/h1-7,10H2,(H,14,15). The molecule has 1 heterocycles. The van der Waals surface area contributed by atoms with E-state index < -0.39 is 5.97 Å². The van der Waals surface area contributed by atoms with Crippen molar-refractivity contribution >= 4 is 11.9 Å². The molecule has 6 heteroatoms. The van der Waals surface area contributed by atoms with E-state index >= 15 is 0 Å². The molecule has 0 aromatic carbocycles. The highest BCUT2D eigenvalue weighted by atomic mass is 16.4. The molecule has 1 fully saturated rings. The summed E-state index contributed by atoms with van der Waals surface area (Å²) in [6, 6.07) is 0. The van der Waals surface area contributed by atoms with E-state index in [2.05, 4.69) is 0 Å². The Morgan fingerprint density at radius 3 is 2.27 bits per heavy atom. The Hall–Kier alpha value is -1.14. The fraction of sp³-hybridized carbons (Fsp3) is 0.778. The Morgan fingerprint density at radius 2 is 1.80 bits per heavy atom. The second-order valence-electron chi connectivity index (χ2n) is 3.59. The number of piperazine rings is 1. The first-order valence-corrected chi connectivity index (χ1v) is 5.05. The van der Waals surface area contributed by atoms with Crippen LogP contribution in [0.15, 0.2) is 0 Å². The minimum atomic E-state index is -0.822. The molecule has 1 rings (SSSR count). The van der Waals surface area contributed by atoms with Gasteiger partial charge >= 0.3 is 5.97 Å². The van der Waals surface area contributed by atoms with Crippen molar-refractivity contribution in [3.8, 4) is 0 Å². The van der Waals surface area contributed by atoms with Gasteiger partial charge in [0.1, 0.15) is 0 Å². The molecule has 0 saturated carbocycles. The summed E-state index contributed by atoms with van der Waals surface area (Å²) in [6.45, 7) is 2.89. The molecule has 0 radical (unpaired) electrons. The number of aliphatic carboxylic acids is 1. The van der Waals surface area contributed by atoms with Crippen molar-refractivity contribution < 1.29 is 14.7 Å². The van der Waals surface area contributed by atoms with Crippen molar-refractivity contribution in [1.82, 2.24) is 9.80 Å². The predicted octanol–water partition coefficient (Wildman–Crippen LogP) is -1.44. The molecule has 3 N–H and O–H groups in total. The molecule has 0 spiro atoms. The molecule has 0 aromatic heterocycles. The van der Waals surface area contributed by atoms with Crippen molar-refractivity contribution in [3.63, 3.8) is 0 Å². The minimum Gasteiger partial charge on any atom is -0.480 e. The lowest BCUT2D eigenvalue weighted by Gasteiger charge is -2.33. The van der Waals surface area contributed by atoms with Gasteiger partial charge in [0, 0.05) is 39.1 Å². The fourth-order valence-electron chi connectivity index (χ4n) is 1.63. The molecule has 1 amide bonds. The molecular weight excluding hydrogens is 198 g/mol. The highest BCUT2D eigenvalue weighted by molar-refractivity contribution is 5.76. The van der Waals surface area contributed by atoms with Gasteiger partial charge in [0.25, 0.3) is 0 Å². The number of carboxylic acid groups (broad SMARTS) is 1. The number of amides is 1. The third-order valence-corrected chi connectivity index (χ3v) is 2.44. The lowest BCUT2D eigenvalue weighted by molar-refractivity contribution is -0.139. The van der Waals surface area contributed by atoms with Crippen molar-refractivity contribution in [2.24, 2.45) is 5.73 Å². The second-order valence-corrected chi connectivity index (χ2v) is 3.59. The van der Waals surface area contributed by atoms with Crippen LogP contribution >= 0.6 is 0 Å². The van der Waals surface area contributed by atoms with Crippen LogP contribution in [0.4, 0.5) is 0 Å². The predicted molar refractivity (Wildman–Crippen MR) is 54.3 cm³/mol. The number of carbonyl (C=O) groups is 2. The van der Waals surface area contributed by atoms with E-state index in [0.717, 1.165) is 0 Å². The Balaban J connectivity index is 2.29. The molecule has 1 aliphatic rings. The Bertz CT molecular complexity index is 237. The van der Waals surface area contributed by atoms with E-state index in [4.69, 9.17) is 10.8 Å². The average Bonchev–Trinajstić information content (AvgIpc) is 2.18.